The van der Waals surface area contributed by atoms with Gasteiger partial charge in [-0.25, -0.2) is 0 Å². The molecular weight excluding hydrogens is 218 g/mol. The Morgan fingerprint density at radius 1 is 1.06 bits per heavy atom. The topological polar surface area (TPSA) is 3.24 Å². The molecule has 1 nitrogen and oxygen atoms in total. The molecule has 0 aliphatic heterocycles. The number of nitrogens with zero attached hydrogens (tertiary/aromatic N) is 1. The zero-order valence-corrected chi connectivity index (χ0v) is 11.7. The summed E-state index contributed by atoms with van der Waals surface area (Å²) in [6.45, 7) is 7.76. The van der Waals surface area contributed by atoms with Gasteiger partial charge in [0.05, 0.1) is 0 Å². The van der Waals surface area contributed by atoms with E-state index in [1.54, 1.807) is 0 Å². The third-order valence-corrected chi connectivity index (χ3v) is 3.54. The van der Waals surface area contributed by atoms with Crippen molar-refractivity contribution in [1.29, 1.82) is 0 Å². The van der Waals surface area contributed by atoms with E-state index in [-0.39, 0.29) is 0 Å². The molecule has 0 unspecified atom stereocenters. The first-order valence-electron chi connectivity index (χ1n) is 6.92. The van der Waals surface area contributed by atoms with Crippen LogP contribution in [0.3, 0.4) is 0 Å². The maximum atomic E-state index is 2.48. The van der Waals surface area contributed by atoms with Crippen molar-refractivity contribution in [2.45, 2.75) is 40.0 Å². The fourth-order valence-electron chi connectivity index (χ4n) is 2.46. The Balaban J connectivity index is 2.32. The minimum Gasteiger partial charge on any atom is -0.345 e. The largest absolute Gasteiger partial charge is 0.345 e. The van der Waals surface area contributed by atoms with Gasteiger partial charge in [-0.2, -0.15) is 0 Å². The molecule has 0 saturated heterocycles. The highest BCUT2D eigenvalue weighted by Gasteiger charge is 2.14. The Hall–Kier alpha value is -1.50. The Morgan fingerprint density at radius 3 is 2.44 bits per heavy atom. The lowest BCUT2D eigenvalue weighted by Gasteiger charge is -2.30. The van der Waals surface area contributed by atoms with Crippen LogP contribution in [-0.2, 0) is 0 Å². The lowest BCUT2D eigenvalue weighted by molar-refractivity contribution is 0.780. The standard InChI is InChI=1S/C17H23N/c1-4-13-18(16-11-9-14(2)10-12-16)17-8-6-5-7-15(17)3/h5-9,11H,4,10,12-13H2,1-3H3. The summed E-state index contributed by atoms with van der Waals surface area (Å²) in [5.74, 6) is 0. The molecule has 0 spiro atoms. The Bertz CT molecular complexity index is 468. The van der Waals surface area contributed by atoms with E-state index in [1.165, 1.54) is 35.4 Å². The fraction of sp³-hybridized carbons (Fsp3) is 0.412. The maximum Gasteiger partial charge on any atom is 0.0437 e. The third kappa shape index (κ3) is 2.84. The van der Waals surface area contributed by atoms with Gasteiger partial charge in [-0.1, -0.05) is 36.8 Å². The van der Waals surface area contributed by atoms with E-state index < -0.39 is 0 Å². The highest BCUT2D eigenvalue weighted by molar-refractivity contribution is 5.58. The summed E-state index contributed by atoms with van der Waals surface area (Å²) in [5, 5.41) is 0. The molecule has 0 aromatic heterocycles. The van der Waals surface area contributed by atoms with Crippen molar-refractivity contribution >= 4 is 5.69 Å². The molecule has 0 atom stereocenters. The van der Waals surface area contributed by atoms with E-state index in [0.717, 1.165) is 13.0 Å². The van der Waals surface area contributed by atoms with Gasteiger partial charge in [0.1, 0.15) is 0 Å². The van der Waals surface area contributed by atoms with Crippen molar-refractivity contribution in [2.24, 2.45) is 0 Å². The molecule has 2 rings (SSSR count). The van der Waals surface area contributed by atoms with Crippen LogP contribution in [0.5, 0.6) is 0 Å². The highest BCUT2D eigenvalue weighted by atomic mass is 15.1. The van der Waals surface area contributed by atoms with Gasteiger partial charge in [0.2, 0.25) is 0 Å². The number of para-hydroxylation sites is 1. The molecule has 1 heteroatoms. The van der Waals surface area contributed by atoms with E-state index in [2.05, 4.69) is 62.1 Å². The lowest BCUT2D eigenvalue weighted by atomic mass is 10.0. The van der Waals surface area contributed by atoms with Crippen LogP contribution in [0.2, 0.25) is 0 Å². The molecule has 1 aliphatic carbocycles. The van der Waals surface area contributed by atoms with Crippen LogP contribution in [0.25, 0.3) is 0 Å². The molecular formula is C17H23N. The number of allylic oxidation sites excluding steroid dienone is 4. The average molecular weight is 241 g/mol. The molecule has 0 bridgehead atoms. The number of rotatable bonds is 4. The molecule has 96 valence electrons. The van der Waals surface area contributed by atoms with Crippen molar-refractivity contribution in [3.63, 3.8) is 0 Å². The van der Waals surface area contributed by atoms with Gasteiger partial charge in [0.25, 0.3) is 0 Å². The second-order valence-corrected chi connectivity index (χ2v) is 5.11. The fourth-order valence-corrected chi connectivity index (χ4v) is 2.46. The second kappa shape index (κ2) is 5.90. The molecule has 0 heterocycles. The van der Waals surface area contributed by atoms with Gasteiger partial charge in [-0.3, -0.25) is 0 Å². The van der Waals surface area contributed by atoms with E-state index in [1.807, 2.05) is 0 Å². The predicted octanol–water partition coefficient (Wildman–Crippen LogP) is 4.84. The molecule has 1 aliphatic rings. The lowest BCUT2D eigenvalue weighted by Crippen LogP contribution is -2.25. The zero-order chi connectivity index (χ0) is 13.0. The van der Waals surface area contributed by atoms with E-state index in [9.17, 15) is 0 Å². The van der Waals surface area contributed by atoms with E-state index in [4.69, 9.17) is 0 Å². The third-order valence-electron chi connectivity index (χ3n) is 3.54. The average Bonchev–Trinajstić information content (AvgIpc) is 2.38. The molecule has 0 saturated carbocycles. The number of hydrogen-bond donors (Lipinski definition) is 0. The number of hydrogen-bond acceptors (Lipinski definition) is 1. The first-order valence-corrected chi connectivity index (χ1v) is 6.92. The van der Waals surface area contributed by atoms with Gasteiger partial charge in [-0.05, 0) is 50.8 Å². The summed E-state index contributed by atoms with van der Waals surface area (Å²) >= 11 is 0. The van der Waals surface area contributed by atoms with Crippen molar-refractivity contribution in [3.05, 3.63) is 53.3 Å². The first kappa shape index (κ1) is 12.9. The molecule has 0 N–H and O–H groups in total. The minimum atomic E-state index is 1.10. The monoisotopic (exact) mass is 241 g/mol. The van der Waals surface area contributed by atoms with Gasteiger partial charge in [0.15, 0.2) is 0 Å². The summed E-state index contributed by atoms with van der Waals surface area (Å²) in [4.78, 5) is 2.48. The molecule has 1 aromatic rings. The summed E-state index contributed by atoms with van der Waals surface area (Å²) in [7, 11) is 0. The van der Waals surface area contributed by atoms with Crippen molar-refractivity contribution in [1.82, 2.24) is 0 Å². The normalized spacial score (nSPS) is 15.1. The molecule has 0 fully saturated rings. The van der Waals surface area contributed by atoms with Crippen LogP contribution in [-0.4, -0.2) is 6.54 Å². The van der Waals surface area contributed by atoms with Gasteiger partial charge in [-0.15, -0.1) is 0 Å². The van der Waals surface area contributed by atoms with Gasteiger partial charge in [0, 0.05) is 17.9 Å². The summed E-state index contributed by atoms with van der Waals surface area (Å²) < 4.78 is 0. The van der Waals surface area contributed by atoms with E-state index in [0.29, 0.717) is 0 Å². The number of anilines is 1. The maximum absolute atomic E-state index is 2.48. The van der Waals surface area contributed by atoms with Crippen LogP contribution in [0.15, 0.2) is 47.7 Å². The Kier molecular flexibility index (Phi) is 4.24. The summed E-state index contributed by atoms with van der Waals surface area (Å²) in [6.07, 6.45) is 8.09. The van der Waals surface area contributed by atoms with Crippen LogP contribution in [0, 0.1) is 6.92 Å². The minimum absolute atomic E-state index is 1.10. The van der Waals surface area contributed by atoms with Crippen LogP contribution < -0.4 is 4.90 Å². The highest BCUT2D eigenvalue weighted by Crippen LogP contribution is 2.28. The molecule has 1 aromatic carbocycles. The smallest absolute Gasteiger partial charge is 0.0437 e. The molecule has 0 amide bonds. The van der Waals surface area contributed by atoms with Gasteiger partial charge >= 0.3 is 0 Å². The van der Waals surface area contributed by atoms with Crippen LogP contribution in [0.1, 0.15) is 38.7 Å². The molecule has 0 radical (unpaired) electrons. The predicted molar refractivity (Wildman–Crippen MR) is 79.9 cm³/mol. The first-order chi connectivity index (χ1) is 8.72. The van der Waals surface area contributed by atoms with E-state index >= 15 is 0 Å². The number of benzene rings is 1. The van der Waals surface area contributed by atoms with Crippen molar-refractivity contribution in [3.8, 4) is 0 Å². The van der Waals surface area contributed by atoms with Crippen molar-refractivity contribution in [2.75, 3.05) is 11.4 Å². The van der Waals surface area contributed by atoms with Crippen molar-refractivity contribution < 1.29 is 0 Å². The van der Waals surface area contributed by atoms with Gasteiger partial charge < -0.3 is 4.90 Å². The summed E-state index contributed by atoms with van der Waals surface area (Å²) in [5.41, 5.74) is 5.66. The zero-order valence-electron chi connectivity index (χ0n) is 11.7. The Labute approximate surface area is 111 Å². The number of aryl methyl sites for hydroxylation is 1. The quantitative estimate of drug-likeness (QED) is 0.729. The molecule has 18 heavy (non-hydrogen) atoms. The van der Waals surface area contributed by atoms with Crippen LogP contribution >= 0.6 is 0 Å². The second-order valence-electron chi connectivity index (χ2n) is 5.11. The summed E-state index contributed by atoms with van der Waals surface area (Å²) in [6, 6.07) is 8.68. The Morgan fingerprint density at radius 2 is 1.83 bits per heavy atom. The SMILES string of the molecule is CCCN(C1=CC=C(C)CC1)c1ccccc1C. The van der Waals surface area contributed by atoms with Crippen LogP contribution in [0.4, 0.5) is 5.69 Å².